The average Bonchev–Trinajstić information content (AvgIpc) is 2.28. The minimum Gasteiger partial charge on any atom is -0.303 e. The molecule has 4 nitrogen and oxygen atoms in total. The molecule has 0 amide bonds. The third-order valence-electron chi connectivity index (χ3n) is 1.46. The maximum atomic E-state index is 9.89. The number of hydrogen-bond acceptors (Lipinski definition) is 3. The summed E-state index contributed by atoms with van der Waals surface area (Å²) in [5.74, 6) is 0.204. The minimum absolute atomic E-state index is 0.204. The lowest BCUT2D eigenvalue weighted by molar-refractivity contribution is -0.400. The Balaban J connectivity index is 0.000000385. The number of rotatable bonds is 3. The van der Waals surface area contributed by atoms with Gasteiger partial charge in [0.15, 0.2) is 0 Å². The fourth-order valence-corrected chi connectivity index (χ4v) is 0.711. The predicted octanol–water partition coefficient (Wildman–Crippen LogP) is 2.78. The van der Waals surface area contributed by atoms with Crippen molar-refractivity contribution in [3.63, 3.8) is 0 Å². The summed E-state index contributed by atoms with van der Waals surface area (Å²) < 4.78 is 0. The normalized spacial score (nSPS) is 9.69. The second-order valence-electron chi connectivity index (χ2n) is 3.39. The van der Waals surface area contributed by atoms with Gasteiger partial charge in [-0.15, -0.1) is 0 Å². The van der Waals surface area contributed by atoms with Gasteiger partial charge in [-0.3, -0.25) is 10.1 Å². The molecular formula is C12H15NO3. The predicted molar refractivity (Wildman–Crippen MR) is 63.4 cm³/mol. The number of aldehydes is 1. The van der Waals surface area contributed by atoms with Crippen LogP contribution in [0.2, 0.25) is 0 Å². The lowest BCUT2D eigenvalue weighted by Gasteiger charge is -1.86. The Morgan fingerprint density at radius 2 is 1.75 bits per heavy atom. The Hall–Kier alpha value is -1.97. The van der Waals surface area contributed by atoms with Crippen molar-refractivity contribution in [2.24, 2.45) is 5.92 Å². The molecule has 0 heterocycles. The van der Waals surface area contributed by atoms with Crippen molar-refractivity contribution in [1.82, 2.24) is 0 Å². The van der Waals surface area contributed by atoms with Gasteiger partial charge >= 0.3 is 0 Å². The number of carbonyl (C=O) groups excluding carboxylic acids is 1. The molecule has 0 N–H and O–H groups in total. The second kappa shape index (κ2) is 8.35. The zero-order valence-electron chi connectivity index (χ0n) is 9.37. The molecule has 0 atom stereocenters. The Morgan fingerprint density at radius 3 is 2.12 bits per heavy atom. The van der Waals surface area contributed by atoms with Gasteiger partial charge in [0, 0.05) is 12.0 Å². The van der Waals surface area contributed by atoms with Gasteiger partial charge in [0.2, 0.25) is 6.20 Å². The van der Waals surface area contributed by atoms with Crippen LogP contribution in [-0.2, 0) is 4.79 Å². The Bertz CT molecular complexity index is 345. The Kier molecular flexibility index (Phi) is 7.32. The van der Waals surface area contributed by atoms with Crippen molar-refractivity contribution >= 4 is 12.4 Å². The molecule has 0 unspecified atom stereocenters. The highest BCUT2D eigenvalue weighted by Gasteiger charge is 1.86. The summed E-state index contributed by atoms with van der Waals surface area (Å²) in [6, 6.07) is 9.14. The summed E-state index contributed by atoms with van der Waals surface area (Å²) in [4.78, 5) is 18.9. The van der Waals surface area contributed by atoms with Crippen molar-refractivity contribution in [3.8, 4) is 0 Å². The molecule has 86 valence electrons. The third-order valence-corrected chi connectivity index (χ3v) is 1.46. The SMILES string of the molecule is CC(C)C=O.O=[N+]([O-])/C=C\c1ccccc1. The van der Waals surface area contributed by atoms with Crippen molar-refractivity contribution < 1.29 is 9.72 Å². The molecule has 16 heavy (non-hydrogen) atoms. The molecule has 1 aromatic carbocycles. The lowest BCUT2D eigenvalue weighted by atomic mass is 10.2. The largest absolute Gasteiger partial charge is 0.303 e. The van der Waals surface area contributed by atoms with Gasteiger partial charge in [0.1, 0.15) is 6.29 Å². The van der Waals surface area contributed by atoms with E-state index in [-0.39, 0.29) is 5.92 Å². The van der Waals surface area contributed by atoms with Gasteiger partial charge in [-0.05, 0) is 5.56 Å². The summed E-state index contributed by atoms with van der Waals surface area (Å²) in [7, 11) is 0. The van der Waals surface area contributed by atoms with Crippen molar-refractivity contribution in [3.05, 3.63) is 52.2 Å². The summed E-state index contributed by atoms with van der Waals surface area (Å²) >= 11 is 0. The molecule has 0 fully saturated rings. The highest BCUT2D eigenvalue weighted by atomic mass is 16.6. The molecule has 0 saturated carbocycles. The average molecular weight is 221 g/mol. The van der Waals surface area contributed by atoms with Crippen LogP contribution < -0.4 is 0 Å². The van der Waals surface area contributed by atoms with Crippen LogP contribution in [0.25, 0.3) is 6.08 Å². The van der Waals surface area contributed by atoms with E-state index in [1.165, 1.54) is 6.08 Å². The number of nitro groups is 1. The molecule has 4 heteroatoms. The van der Waals surface area contributed by atoms with Crippen molar-refractivity contribution in [2.75, 3.05) is 0 Å². The molecule has 0 radical (unpaired) electrons. The van der Waals surface area contributed by atoms with E-state index in [4.69, 9.17) is 0 Å². The van der Waals surface area contributed by atoms with Gasteiger partial charge in [0.05, 0.1) is 4.92 Å². The quantitative estimate of drug-likeness (QED) is 0.448. The summed E-state index contributed by atoms with van der Waals surface area (Å²) in [6.45, 7) is 3.71. The molecule has 0 aliphatic rings. The van der Waals surface area contributed by atoms with Gasteiger partial charge in [0.25, 0.3) is 0 Å². The van der Waals surface area contributed by atoms with Gasteiger partial charge in [-0.25, -0.2) is 0 Å². The van der Waals surface area contributed by atoms with E-state index in [2.05, 4.69) is 0 Å². The first kappa shape index (κ1) is 14.0. The van der Waals surface area contributed by atoms with Crippen LogP contribution in [0.3, 0.4) is 0 Å². The van der Waals surface area contributed by atoms with E-state index in [9.17, 15) is 14.9 Å². The topological polar surface area (TPSA) is 60.2 Å². The number of nitrogens with zero attached hydrogens (tertiary/aromatic N) is 1. The Labute approximate surface area is 94.8 Å². The smallest absolute Gasteiger partial charge is 0.235 e. The first-order chi connectivity index (χ1) is 7.56. The molecule has 0 aliphatic heterocycles. The van der Waals surface area contributed by atoms with Crippen LogP contribution in [0.1, 0.15) is 19.4 Å². The van der Waals surface area contributed by atoms with Gasteiger partial charge in [-0.1, -0.05) is 44.2 Å². The lowest BCUT2D eigenvalue weighted by Crippen LogP contribution is -1.82. The zero-order valence-corrected chi connectivity index (χ0v) is 9.37. The van der Waals surface area contributed by atoms with Crippen LogP contribution in [0.5, 0.6) is 0 Å². The minimum atomic E-state index is -0.479. The first-order valence-electron chi connectivity index (χ1n) is 4.88. The molecule has 0 bridgehead atoms. The molecule has 0 spiro atoms. The van der Waals surface area contributed by atoms with E-state index >= 15 is 0 Å². The third kappa shape index (κ3) is 8.62. The molecule has 0 aliphatic carbocycles. The van der Waals surface area contributed by atoms with Crippen LogP contribution in [-0.4, -0.2) is 11.2 Å². The van der Waals surface area contributed by atoms with Crippen molar-refractivity contribution in [1.29, 1.82) is 0 Å². The van der Waals surface area contributed by atoms with Gasteiger partial charge < -0.3 is 4.79 Å². The summed E-state index contributed by atoms with van der Waals surface area (Å²) in [5, 5.41) is 9.89. The van der Waals surface area contributed by atoms with E-state index in [1.807, 2.05) is 32.0 Å². The van der Waals surface area contributed by atoms with Crippen LogP contribution in [0.15, 0.2) is 36.5 Å². The monoisotopic (exact) mass is 221 g/mol. The van der Waals surface area contributed by atoms with Crippen LogP contribution in [0.4, 0.5) is 0 Å². The highest BCUT2D eigenvalue weighted by molar-refractivity contribution is 5.51. The molecule has 1 aromatic rings. The summed E-state index contributed by atoms with van der Waals surface area (Å²) in [5.41, 5.74) is 0.837. The van der Waals surface area contributed by atoms with E-state index in [1.54, 1.807) is 12.1 Å². The first-order valence-corrected chi connectivity index (χ1v) is 4.88. The number of carbonyl (C=O) groups is 1. The standard InChI is InChI=1S/C8H7NO2.C4H8O/c10-9(11)7-6-8-4-2-1-3-5-8;1-4(2)3-5/h1-7H;3-4H,1-2H3/b7-6-;. The van der Waals surface area contributed by atoms with Crippen LogP contribution >= 0.6 is 0 Å². The second-order valence-corrected chi connectivity index (χ2v) is 3.39. The molecule has 0 aromatic heterocycles. The van der Waals surface area contributed by atoms with Gasteiger partial charge in [-0.2, -0.15) is 0 Å². The zero-order chi connectivity index (χ0) is 12.4. The van der Waals surface area contributed by atoms with E-state index in [0.29, 0.717) is 0 Å². The molecular weight excluding hydrogens is 206 g/mol. The number of benzene rings is 1. The van der Waals surface area contributed by atoms with Crippen molar-refractivity contribution in [2.45, 2.75) is 13.8 Å². The maximum absolute atomic E-state index is 9.89. The fraction of sp³-hybridized carbons (Fsp3) is 0.250. The number of hydrogen-bond donors (Lipinski definition) is 0. The summed E-state index contributed by atoms with van der Waals surface area (Å²) in [6.07, 6.45) is 3.30. The Morgan fingerprint density at radius 1 is 1.25 bits per heavy atom. The fourth-order valence-electron chi connectivity index (χ4n) is 0.711. The maximum Gasteiger partial charge on any atom is 0.235 e. The van der Waals surface area contributed by atoms with E-state index in [0.717, 1.165) is 18.0 Å². The van der Waals surface area contributed by atoms with E-state index < -0.39 is 4.92 Å². The molecule has 1 rings (SSSR count). The highest BCUT2D eigenvalue weighted by Crippen LogP contribution is 1.99. The van der Waals surface area contributed by atoms with Crippen LogP contribution in [0, 0.1) is 16.0 Å². The molecule has 0 saturated heterocycles.